The van der Waals surface area contributed by atoms with Crippen LogP contribution in [0.15, 0.2) is 45.8 Å². The smallest absolute Gasteiger partial charge is 0.356 e. The van der Waals surface area contributed by atoms with Gasteiger partial charge >= 0.3 is 5.97 Å². The Kier molecular flexibility index (Phi) is 5.87. The molecule has 4 rings (SSSR count). The highest BCUT2D eigenvalue weighted by molar-refractivity contribution is 9.10. The van der Waals surface area contributed by atoms with Crippen LogP contribution < -0.4 is 4.74 Å². The molecule has 0 amide bonds. The topological polar surface area (TPSA) is 102 Å². The van der Waals surface area contributed by atoms with Crippen LogP contribution in [0.25, 0.3) is 5.69 Å². The summed E-state index contributed by atoms with van der Waals surface area (Å²) < 4.78 is 36.1. The number of carboxylic acids is 1. The van der Waals surface area contributed by atoms with Crippen molar-refractivity contribution in [3.8, 4) is 11.4 Å². The number of hydrogen-bond donors (Lipinski definition) is 1. The number of hydrogen-bond acceptors (Lipinski definition) is 5. The molecule has 0 fully saturated rings. The van der Waals surface area contributed by atoms with Crippen molar-refractivity contribution in [3.63, 3.8) is 0 Å². The lowest BCUT2D eigenvalue weighted by atomic mass is 10.1. The van der Waals surface area contributed by atoms with Gasteiger partial charge in [-0.2, -0.15) is 9.40 Å². The van der Waals surface area contributed by atoms with Crippen LogP contribution in [0.2, 0.25) is 0 Å². The van der Waals surface area contributed by atoms with Gasteiger partial charge in [-0.05, 0) is 61.4 Å². The zero-order chi connectivity index (χ0) is 23.2. The van der Waals surface area contributed by atoms with Gasteiger partial charge < -0.3 is 9.84 Å². The molecule has 0 unspecified atom stereocenters. The van der Waals surface area contributed by atoms with Crippen LogP contribution in [-0.4, -0.2) is 47.2 Å². The summed E-state index contributed by atoms with van der Waals surface area (Å²) in [7, 11) is -2.49. The number of aromatic nitrogens is 2. The SMILES string of the molecule is COc1cc(C)c(C)cc1S(=O)(=O)N1CCc2c(c(C(=O)O)nn2-c2ccc(Br)cc2)C1. The fraction of sp³-hybridized carbons (Fsp3) is 0.273. The zero-order valence-corrected chi connectivity index (χ0v) is 20.2. The lowest BCUT2D eigenvalue weighted by Gasteiger charge is -2.28. The fourth-order valence-electron chi connectivity index (χ4n) is 3.83. The van der Waals surface area contributed by atoms with Gasteiger partial charge in [0.15, 0.2) is 5.69 Å². The number of benzene rings is 2. The first-order chi connectivity index (χ1) is 15.1. The van der Waals surface area contributed by atoms with Crippen molar-refractivity contribution in [1.82, 2.24) is 14.1 Å². The van der Waals surface area contributed by atoms with Crippen molar-refractivity contribution in [3.05, 3.63) is 68.9 Å². The molecule has 0 bridgehead atoms. The molecule has 1 aromatic heterocycles. The minimum Gasteiger partial charge on any atom is -0.495 e. The molecule has 0 atom stereocenters. The number of aryl methyl sites for hydroxylation is 2. The van der Waals surface area contributed by atoms with E-state index in [1.807, 2.05) is 38.1 Å². The Bertz CT molecular complexity index is 1320. The van der Waals surface area contributed by atoms with Crippen molar-refractivity contribution < 1.29 is 23.1 Å². The average Bonchev–Trinajstić information content (AvgIpc) is 3.15. The van der Waals surface area contributed by atoms with Crippen LogP contribution in [0.3, 0.4) is 0 Å². The molecular formula is C22H22BrN3O5S. The van der Waals surface area contributed by atoms with Crippen molar-refractivity contribution in [2.45, 2.75) is 31.7 Å². The number of rotatable bonds is 5. The molecule has 168 valence electrons. The van der Waals surface area contributed by atoms with E-state index in [-0.39, 0.29) is 29.4 Å². The largest absolute Gasteiger partial charge is 0.495 e. The van der Waals surface area contributed by atoms with Gasteiger partial charge in [0.25, 0.3) is 0 Å². The second-order valence-electron chi connectivity index (χ2n) is 7.64. The molecule has 1 aliphatic rings. The number of ether oxygens (including phenoxy) is 1. The summed E-state index contributed by atoms with van der Waals surface area (Å²) in [5, 5.41) is 14.0. The van der Waals surface area contributed by atoms with Crippen molar-refractivity contribution in [1.29, 1.82) is 0 Å². The standard InChI is InChI=1S/C22H22BrN3O5S/c1-13-10-19(31-3)20(11-14(13)2)32(29,30)25-9-8-18-17(12-25)21(22(27)28)24-26(18)16-6-4-15(23)5-7-16/h4-7,10-11H,8-9,12H2,1-3H3,(H,27,28). The van der Waals surface area contributed by atoms with E-state index in [0.29, 0.717) is 23.4 Å². The van der Waals surface area contributed by atoms with Crippen LogP contribution >= 0.6 is 15.9 Å². The van der Waals surface area contributed by atoms with E-state index >= 15 is 0 Å². The molecule has 10 heteroatoms. The Labute approximate surface area is 194 Å². The molecule has 0 spiro atoms. The van der Waals surface area contributed by atoms with Crippen LogP contribution in [0.1, 0.15) is 32.9 Å². The van der Waals surface area contributed by atoms with Crippen LogP contribution in [0, 0.1) is 13.8 Å². The Hall–Kier alpha value is -2.69. The number of methoxy groups -OCH3 is 1. The van der Waals surface area contributed by atoms with E-state index in [2.05, 4.69) is 21.0 Å². The summed E-state index contributed by atoms with van der Waals surface area (Å²) >= 11 is 3.39. The van der Waals surface area contributed by atoms with E-state index in [1.165, 1.54) is 11.4 Å². The van der Waals surface area contributed by atoms with Crippen LogP contribution in [-0.2, 0) is 23.0 Å². The first-order valence-electron chi connectivity index (χ1n) is 9.89. The number of halogens is 1. The van der Waals surface area contributed by atoms with E-state index in [0.717, 1.165) is 15.6 Å². The monoisotopic (exact) mass is 519 g/mol. The molecule has 0 radical (unpaired) electrons. The minimum absolute atomic E-state index is 0.0729. The van der Waals surface area contributed by atoms with E-state index in [9.17, 15) is 18.3 Å². The van der Waals surface area contributed by atoms with Gasteiger partial charge in [0.05, 0.1) is 18.5 Å². The molecule has 0 aliphatic carbocycles. The quantitative estimate of drug-likeness (QED) is 0.551. The number of nitrogens with zero attached hydrogens (tertiary/aromatic N) is 3. The second kappa shape index (κ2) is 8.34. The van der Waals surface area contributed by atoms with Gasteiger partial charge in [-0.25, -0.2) is 17.9 Å². The second-order valence-corrected chi connectivity index (χ2v) is 10.5. The lowest BCUT2D eigenvalue weighted by molar-refractivity contribution is 0.0688. The summed E-state index contributed by atoms with van der Waals surface area (Å²) in [6, 6.07) is 10.6. The van der Waals surface area contributed by atoms with Gasteiger partial charge in [0.2, 0.25) is 10.0 Å². The van der Waals surface area contributed by atoms with Crippen molar-refractivity contribution in [2.75, 3.05) is 13.7 Å². The number of sulfonamides is 1. The first kappa shape index (κ1) is 22.5. The zero-order valence-electron chi connectivity index (χ0n) is 17.8. The maximum Gasteiger partial charge on any atom is 0.356 e. The predicted molar refractivity (Wildman–Crippen MR) is 122 cm³/mol. The summed E-state index contributed by atoms with van der Waals surface area (Å²) in [4.78, 5) is 12.0. The molecule has 1 aliphatic heterocycles. The third-order valence-corrected chi connectivity index (χ3v) is 8.09. The van der Waals surface area contributed by atoms with Gasteiger partial charge in [-0.3, -0.25) is 0 Å². The summed E-state index contributed by atoms with van der Waals surface area (Å²) in [5.41, 5.74) is 3.42. The van der Waals surface area contributed by atoms with Crippen LogP contribution in [0.5, 0.6) is 5.75 Å². The molecular weight excluding hydrogens is 498 g/mol. The third kappa shape index (κ3) is 3.82. The normalized spacial score (nSPS) is 14.2. The van der Waals surface area contributed by atoms with E-state index < -0.39 is 16.0 Å². The summed E-state index contributed by atoms with van der Waals surface area (Å²) in [5.74, 6) is -0.928. The van der Waals surface area contributed by atoms with E-state index in [1.54, 1.807) is 16.8 Å². The van der Waals surface area contributed by atoms with Gasteiger partial charge in [-0.15, -0.1) is 0 Å². The molecule has 2 heterocycles. The molecule has 2 aromatic carbocycles. The highest BCUT2D eigenvalue weighted by Crippen LogP contribution is 2.34. The number of carboxylic acid groups (broad SMARTS) is 1. The van der Waals surface area contributed by atoms with Crippen molar-refractivity contribution in [2.24, 2.45) is 0 Å². The summed E-state index contributed by atoms with van der Waals surface area (Å²) in [6.07, 6.45) is 0.331. The highest BCUT2D eigenvalue weighted by atomic mass is 79.9. The molecule has 0 saturated carbocycles. The predicted octanol–water partition coefficient (Wildman–Crippen LogP) is 3.71. The fourth-order valence-corrected chi connectivity index (χ4v) is 5.73. The Morgan fingerprint density at radius 1 is 1.16 bits per heavy atom. The van der Waals surface area contributed by atoms with Crippen molar-refractivity contribution >= 4 is 31.9 Å². The van der Waals surface area contributed by atoms with E-state index in [4.69, 9.17) is 4.74 Å². The third-order valence-electron chi connectivity index (χ3n) is 5.69. The minimum atomic E-state index is -3.92. The maximum atomic E-state index is 13.5. The summed E-state index contributed by atoms with van der Waals surface area (Å²) in [6.45, 7) is 3.85. The molecule has 1 N–H and O–H groups in total. The molecule has 0 saturated heterocycles. The average molecular weight is 520 g/mol. The molecule has 8 nitrogen and oxygen atoms in total. The van der Waals surface area contributed by atoms with Gasteiger partial charge in [-0.1, -0.05) is 15.9 Å². The maximum absolute atomic E-state index is 13.5. The number of aromatic carboxylic acids is 1. The lowest BCUT2D eigenvalue weighted by Crippen LogP contribution is -2.37. The Balaban J connectivity index is 1.78. The van der Waals surface area contributed by atoms with Gasteiger partial charge in [0, 0.05) is 29.5 Å². The number of carbonyl (C=O) groups is 1. The number of fused-ring (bicyclic) bond motifs is 1. The Morgan fingerprint density at radius 2 is 1.81 bits per heavy atom. The molecule has 32 heavy (non-hydrogen) atoms. The highest BCUT2D eigenvalue weighted by Gasteiger charge is 2.35. The molecule has 3 aromatic rings. The van der Waals surface area contributed by atoms with Gasteiger partial charge in [0.1, 0.15) is 10.6 Å². The Morgan fingerprint density at radius 3 is 2.44 bits per heavy atom. The van der Waals surface area contributed by atoms with Crippen LogP contribution in [0.4, 0.5) is 0 Å². The first-order valence-corrected chi connectivity index (χ1v) is 12.1.